The maximum atomic E-state index is 6.39. The number of para-hydroxylation sites is 1. The summed E-state index contributed by atoms with van der Waals surface area (Å²) < 4.78 is 6.39. The molecule has 0 N–H and O–H groups in total. The lowest BCUT2D eigenvalue weighted by Crippen LogP contribution is -2.09. The van der Waals surface area contributed by atoms with Gasteiger partial charge in [-0.25, -0.2) is 0 Å². The summed E-state index contributed by atoms with van der Waals surface area (Å²) in [4.78, 5) is 2.32. The van der Waals surface area contributed by atoms with Crippen molar-refractivity contribution < 1.29 is 4.42 Å². The van der Waals surface area contributed by atoms with E-state index in [2.05, 4.69) is 205 Å². The van der Waals surface area contributed by atoms with Gasteiger partial charge in [0.05, 0.1) is 0 Å². The van der Waals surface area contributed by atoms with Crippen molar-refractivity contribution in [2.75, 3.05) is 4.90 Å². The molecule has 0 aliphatic heterocycles. The number of rotatable bonds is 6. The summed E-state index contributed by atoms with van der Waals surface area (Å²) in [6, 6.07) is 76.5. The largest absolute Gasteiger partial charge is 0.456 e. The second-order valence-electron chi connectivity index (χ2n) is 14.5. The summed E-state index contributed by atoms with van der Waals surface area (Å²) in [6.07, 6.45) is 0. The summed E-state index contributed by atoms with van der Waals surface area (Å²) in [7, 11) is 0. The summed E-state index contributed by atoms with van der Waals surface area (Å²) in [5, 5.41) is 9.80. The Bertz CT molecular complexity index is 3240. The van der Waals surface area contributed by atoms with Gasteiger partial charge in [0.15, 0.2) is 0 Å². The van der Waals surface area contributed by atoms with Gasteiger partial charge in [0.25, 0.3) is 0 Å². The van der Waals surface area contributed by atoms with E-state index in [1.54, 1.807) is 0 Å². The number of anilines is 3. The van der Waals surface area contributed by atoms with Crippen molar-refractivity contribution in [1.29, 1.82) is 0 Å². The molecule has 0 saturated heterocycles. The average Bonchev–Trinajstić information content (AvgIpc) is 3.65. The third-order valence-electron chi connectivity index (χ3n) is 11.2. The van der Waals surface area contributed by atoms with Crippen LogP contribution in [-0.2, 0) is 0 Å². The normalized spacial score (nSPS) is 11.6. The fourth-order valence-corrected chi connectivity index (χ4v) is 8.53. The van der Waals surface area contributed by atoms with Crippen molar-refractivity contribution in [3.8, 4) is 33.4 Å². The first-order valence-corrected chi connectivity index (χ1v) is 19.2. The molecule has 10 aromatic carbocycles. The van der Waals surface area contributed by atoms with Crippen LogP contribution in [0, 0.1) is 0 Å². The Balaban J connectivity index is 1.01. The molecule has 0 aliphatic rings. The van der Waals surface area contributed by atoms with E-state index in [-0.39, 0.29) is 0 Å². The second kappa shape index (κ2) is 13.2. The van der Waals surface area contributed by atoms with Gasteiger partial charge < -0.3 is 9.32 Å². The quantitative estimate of drug-likeness (QED) is 0.160. The van der Waals surface area contributed by atoms with E-state index in [9.17, 15) is 0 Å². The summed E-state index contributed by atoms with van der Waals surface area (Å²) in [6.45, 7) is 0. The fraction of sp³-hybridized carbons (Fsp3) is 0. The van der Waals surface area contributed by atoms with Gasteiger partial charge in [-0.15, -0.1) is 0 Å². The minimum atomic E-state index is 0.870. The van der Waals surface area contributed by atoms with Gasteiger partial charge in [0, 0.05) is 33.9 Å². The van der Waals surface area contributed by atoms with Gasteiger partial charge in [-0.1, -0.05) is 152 Å². The maximum Gasteiger partial charge on any atom is 0.137 e. The molecule has 0 unspecified atom stereocenters. The van der Waals surface area contributed by atoms with Crippen molar-refractivity contribution in [3.63, 3.8) is 0 Å². The summed E-state index contributed by atoms with van der Waals surface area (Å²) in [5.41, 5.74) is 12.2. The number of fused-ring (bicyclic) bond motifs is 7. The third-order valence-corrected chi connectivity index (χ3v) is 11.2. The van der Waals surface area contributed by atoms with Gasteiger partial charge in [-0.2, -0.15) is 0 Å². The molecular weight excluding hydrogens is 679 g/mol. The van der Waals surface area contributed by atoms with Crippen LogP contribution in [-0.4, -0.2) is 0 Å². The molecule has 11 rings (SSSR count). The molecule has 11 aromatic rings. The first kappa shape index (κ1) is 32.0. The van der Waals surface area contributed by atoms with Crippen molar-refractivity contribution in [2.24, 2.45) is 0 Å². The molecule has 56 heavy (non-hydrogen) atoms. The molecule has 1 aromatic heterocycles. The molecule has 0 spiro atoms. The smallest absolute Gasteiger partial charge is 0.137 e. The van der Waals surface area contributed by atoms with Gasteiger partial charge in [0.2, 0.25) is 0 Å². The zero-order valence-electron chi connectivity index (χ0n) is 30.6. The van der Waals surface area contributed by atoms with Gasteiger partial charge in [-0.05, 0) is 120 Å². The van der Waals surface area contributed by atoms with Crippen LogP contribution in [0.3, 0.4) is 0 Å². The third kappa shape index (κ3) is 5.42. The number of benzene rings is 10. The Kier molecular flexibility index (Phi) is 7.53. The van der Waals surface area contributed by atoms with Crippen molar-refractivity contribution >= 4 is 71.3 Å². The first-order valence-electron chi connectivity index (χ1n) is 19.2. The van der Waals surface area contributed by atoms with Crippen LogP contribution in [0.4, 0.5) is 17.1 Å². The Morgan fingerprint density at radius 1 is 0.268 bits per heavy atom. The van der Waals surface area contributed by atoms with E-state index < -0.39 is 0 Å². The van der Waals surface area contributed by atoms with Crippen LogP contribution in [0.5, 0.6) is 0 Å². The van der Waals surface area contributed by atoms with Gasteiger partial charge in [-0.3, -0.25) is 0 Å². The van der Waals surface area contributed by atoms with Crippen LogP contribution in [0.15, 0.2) is 217 Å². The van der Waals surface area contributed by atoms with Crippen LogP contribution in [0.2, 0.25) is 0 Å². The summed E-state index contributed by atoms with van der Waals surface area (Å²) >= 11 is 0. The SMILES string of the molecule is c1cc(-c2ccc(N(c3ccc(-c4cc5ccccc5c5ccccc45)cc3)c3ccc4c(c3)oc3ccccc34)cc2)cc(-c2cccc3ccccc23)c1. The molecule has 2 heteroatoms. The minimum absolute atomic E-state index is 0.870. The summed E-state index contributed by atoms with van der Waals surface area (Å²) in [5.74, 6) is 0. The Labute approximate surface area is 325 Å². The highest BCUT2D eigenvalue weighted by Crippen LogP contribution is 2.41. The monoisotopic (exact) mass is 713 g/mol. The lowest BCUT2D eigenvalue weighted by atomic mass is 9.93. The first-order chi connectivity index (χ1) is 27.7. The van der Waals surface area contributed by atoms with Crippen LogP contribution in [0.1, 0.15) is 0 Å². The van der Waals surface area contributed by atoms with Crippen LogP contribution >= 0.6 is 0 Å². The highest BCUT2D eigenvalue weighted by atomic mass is 16.3. The topological polar surface area (TPSA) is 16.4 Å². The number of hydrogen-bond acceptors (Lipinski definition) is 2. The van der Waals surface area contributed by atoms with Crippen LogP contribution < -0.4 is 4.90 Å². The molecule has 0 fully saturated rings. The lowest BCUT2D eigenvalue weighted by molar-refractivity contribution is 0.669. The Morgan fingerprint density at radius 2 is 0.839 bits per heavy atom. The molecule has 1 heterocycles. The zero-order valence-corrected chi connectivity index (χ0v) is 30.6. The molecule has 0 bridgehead atoms. The average molecular weight is 714 g/mol. The standard InChI is InChI=1S/C54H35NO/c1-3-16-45-37(11-1)13-10-21-46(45)40-15-9-14-39(33-40)36-23-27-42(28-24-36)55(44-31-32-51-50-20-7-8-22-53(50)56-54(51)35-44)43-29-25-38(26-30-43)52-34-41-12-2-4-17-47(41)48-18-5-6-19-49(48)52/h1-35H. The molecule has 0 saturated carbocycles. The van der Waals surface area contributed by atoms with Gasteiger partial charge >= 0.3 is 0 Å². The molecule has 0 radical (unpaired) electrons. The Morgan fingerprint density at radius 3 is 1.64 bits per heavy atom. The van der Waals surface area contributed by atoms with E-state index in [1.807, 2.05) is 12.1 Å². The van der Waals surface area contributed by atoms with Crippen molar-refractivity contribution in [3.05, 3.63) is 212 Å². The Hall–Kier alpha value is -7.42. The second-order valence-corrected chi connectivity index (χ2v) is 14.5. The van der Waals surface area contributed by atoms with Crippen LogP contribution in [0.25, 0.3) is 87.6 Å². The number of furan rings is 1. The van der Waals surface area contributed by atoms with E-state index in [1.165, 1.54) is 65.7 Å². The predicted octanol–water partition coefficient (Wildman–Crippen LogP) is 15.5. The highest BCUT2D eigenvalue weighted by Gasteiger charge is 2.17. The molecule has 0 amide bonds. The lowest BCUT2D eigenvalue weighted by Gasteiger charge is -2.26. The van der Waals surface area contributed by atoms with Gasteiger partial charge in [0.1, 0.15) is 11.2 Å². The number of hydrogen-bond donors (Lipinski definition) is 0. The van der Waals surface area contributed by atoms with Crippen molar-refractivity contribution in [1.82, 2.24) is 0 Å². The minimum Gasteiger partial charge on any atom is -0.456 e. The van der Waals surface area contributed by atoms with Crippen molar-refractivity contribution in [2.45, 2.75) is 0 Å². The molecule has 0 atom stereocenters. The van der Waals surface area contributed by atoms with E-state index >= 15 is 0 Å². The predicted molar refractivity (Wildman–Crippen MR) is 237 cm³/mol. The fourth-order valence-electron chi connectivity index (χ4n) is 8.53. The number of nitrogens with zero attached hydrogens (tertiary/aromatic N) is 1. The zero-order chi connectivity index (χ0) is 37.0. The molecule has 2 nitrogen and oxygen atoms in total. The molecular formula is C54H35NO. The molecule has 0 aliphatic carbocycles. The maximum absolute atomic E-state index is 6.39. The van der Waals surface area contributed by atoms with E-state index in [0.717, 1.165) is 39.0 Å². The highest BCUT2D eigenvalue weighted by molar-refractivity contribution is 6.14. The van der Waals surface area contributed by atoms with E-state index in [4.69, 9.17) is 4.42 Å². The molecule has 262 valence electrons. The van der Waals surface area contributed by atoms with E-state index in [0.29, 0.717) is 0 Å².